The van der Waals surface area contributed by atoms with Gasteiger partial charge in [0.25, 0.3) is 10.0 Å². The zero-order valence-electron chi connectivity index (χ0n) is 20.5. The van der Waals surface area contributed by atoms with Crippen LogP contribution in [0.25, 0.3) is 4.13 Å². The molecule has 4 bridgehead atoms. The van der Waals surface area contributed by atoms with Gasteiger partial charge in [-0.15, -0.1) is 0 Å². The first-order valence-corrected chi connectivity index (χ1v) is 15.2. The lowest BCUT2D eigenvalue weighted by atomic mass is 9.65. The summed E-state index contributed by atoms with van der Waals surface area (Å²) in [6.07, 6.45) is 3.29. The van der Waals surface area contributed by atoms with Crippen molar-refractivity contribution in [1.82, 2.24) is 0 Å². The summed E-state index contributed by atoms with van der Waals surface area (Å²) in [4.78, 5) is 24.7. The third-order valence-electron chi connectivity index (χ3n) is 10.2. The first-order valence-electron chi connectivity index (χ1n) is 12.3. The van der Waals surface area contributed by atoms with Crippen molar-refractivity contribution in [2.45, 2.75) is 89.1 Å². The molecule has 4 fully saturated rings. The number of Topliss-reactive ketones (excluding diaryl/α,β-unsaturated/α-hetero) is 2. The van der Waals surface area contributed by atoms with Gasteiger partial charge >= 0.3 is 10.5 Å². The average molecular weight is 560 g/mol. The van der Waals surface area contributed by atoms with E-state index in [9.17, 15) is 44.0 Å². The molecule has 0 aromatic carbocycles. The smallest absolute Gasteiger partial charge is 0.379 e. The lowest BCUT2D eigenvalue weighted by Crippen LogP contribution is -2.44. The highest BCUT2D eigenvalue weighted by Crippen LogP contribution is 2.69. The van der Waals surface area contributed by atoms with Gasteiger partial charge < -0.3 is 4.13 Å². The van der Waals surface area contributed by atoms with Gasteiger partial charge in [0.15, 0.2) is 10.0 Å². The summed E-state index contributed by atoms with van der Waals surface area (Å²) >= 11 is 0. The molecule has 13 heteroatoms. The van der Waals surface area contributed by atoms with E-state index in [1.807, 2.05) is 24.9 Å². The quantitative estimate of drug-likeness (QED) is 0.270. The van der Waals surface area contributed by atoms with Crippen LogP contribution in [-0.4, -0.2) is 38.9 Å². The van der Waals surface area contributed by atoms with Crippen molar-refractivity contribution in [3.8, 4) is 0 Å². The fraction of sp³-hybridized carbons (Fsp3) is 0.913. The molecule has 0 aromatic rings. The zero-order chi connectivity index (χ0) is 27.1. The van der Waals surface area contributed by atoms with Crippen molar-refractivity contribution < 1.29 is 44.0 Å². The largest absolute Gasteiger partial charge is 0.429 e. The van der Waals surface area contributed by atoms with Crippen LogP contribution in [0.4, 0.5) is 17.6 Å². The van der Waals surface area contributed by atoms with E-state index in [0.29, 0.717) is 19.3 Å². The van der Waals surface area contributed by atoms with E-state index in [2.05, 4.69) is 0 Å². The van der Waals surface area contributed by atoms with Gasteiger partial charge in [-0.1, -0.05) is 27.2 Å². The number of ketones is 2. The Bertz CT molecular complexity index is 1170. The Morgan fingerprint density at radius 2 is 1.53 bits per heavy atom. The minimum absolute atomic E-state index is 0.0103. The number of sulfonamides is 1. The molecule has 206 valence electrons. The summed E-state index contributed by atoms with van der Waals surface area (Å²) in [6, 6.07) is 0. The normalized spacial score (nSPS) is 37.2. The number of carbonyl (C=O) groups excluding carboxylic acids is 2. The Balaban J connectivity index is 1.46. The Morgan fingerprint density at radius 3 is 2.00 bits per heavy atom. The van der Waals surface area contributed by atoms with Crippen molar-refractivity contribution in [3.63, 3.8) is 0 Å². The molecular weight excluding hydrogens is 526 g/mol. The topological polar surface area (TPSA) is 121 Å². The summed E-state index contributed by atoms with van der Waals surface area (Å²) in [5.41, 5.74) is -0.731. The maximum atomic E-state index is 14.8. The second kappa shape index (κ2) is 8.46. The maximum absolute atomic E-state index is 14.8. The second-order valence-corrected chi connectivity index (χ2v) is 15.6. The van der Waals surface area contributed by atoms with Crippen LogP contribution in [0.15, 0.2) is 0 Å². The first kappa shape index (κ1) is 27.9. The molecule has 4 saturated carbocycles. The molecule has 4 aliphatic carbocycles. The predicted molar refractivity (Wildman–Crippen MR) is 123 cm³/mol. The van der Waals surface area contributed by atoms with Crippen LogP contribution >= 0.6 is 0 Å². The van der Waals surface area contributed by atoms with Crippen LogP contribution in [0.3, 0.4) is 0 Å². The standard InChI is InChI=1S/C23H32F4NO6S2/c1-20(2)16-6-7-21(20,3)17(11-16)12-19(30)23(26,27)36(33,34)28-35(31,32)22(24,25)18(29)10-15-9-13-4-5-14(15)8-13/h13-17H,4-12H2,1-3H3/q-1/p+1. The number of hydrogen-bond acceptors (Lipinski definition) is 5. The van der Waals surface area contributed by atoms with Gasteiger partial charge in [0.2, 0.25) is 11.6 Å². The van der Waals surface area contributed by atoms with E-state index in [1.165, 1.54) is 0 Å². The van der Waals surface area contributed by atoms with Gasteiger partial charge in [0.05, 0.1) is 0 Å². The Hall–Kier alpha value is -1.08. The summed E-state index contributed by atoms with van der Waals surface area (Å²) in [5, 5.41) is -10.5. The highest BCUT2D eigenvalue weighted by Gasteiger charge is 2.63. The predicted octanol–water partition coefficient (Wildman–Crippen LogP) is 5.18. The van der Waals surface area contributed by atoms with Crippen LogP contribution in [-0.2, 0) is 29.6 Å². The fourth-order valence-electron chi connectivity index (χ4n) is 7.52. The number of halogens is 4. The molecule has 7 nitrogen and oxygen atoms in total. The van der Waals surface area contributed by atoms with Crippen molar-refractivity contribution in [3.05, 3.63) is 4.13 Å². The molecule has 0 spiro atoms. The lowest BCUT2D eigenvalue weighted by molar-refractivity contribution is -0.135. The van der Waals surface area contributed by atoms with Gasteiger partial charge in [-0.05, 0) is 78.9 Å². The number of hydrogen-bond donors (Lipinski definition) is 0. The fourth-order valence-corrected chi connectivity index (χ4v) is 10.1. The van der Waals surface area contributed by atoms with Crippen LogP contribution < -0.4 is 0 Å². The van der Waals surface area contributed by atoms with Gasteiger partial charge in [-0.3, -0.25) is 9.59 Å². The molecule has 0 aliphatic heterocycles. The summed E-state index contributed by atoms with van der Waals surface area (Å²) in [6.45, 7) is 5.81. The van der Waals surface area contributed by atoms with Crippen molar-refractivity contribution in [2.24, 2.45) is 40.4 Å². The number of alkyl halides is 4. The number of rotatable bonds is 10. The average Bonchev–Trinajstić information content (AvgIpc) is 3.45. The Labute approximate surface area is 209 Å². The van der Waals surface area contributed by atoms with Crippen molar-refractivity contribution in [2.75, 3.05) is 0 Å². The lowest BCUT2D eigenvalue weighted by Gasteiger charge is -2.39. The molecule has 36 heavy (non-hydrogen) atoms. The van der Waals surface area contributed by atoms with Gasteiger partial charge in [-0.25, -0.2) is 12.6 Å². The molecule has 0 radical (unpaired) electrons. The maximum Gasteiger partial charge on any atom is 0.429 e. The molecule has 4 rings (SSSR count). The van der Waals surface area contributed by atoms with Crippen molar-refractivity contribution >= 4 is 31.6 Å². The highest BCUT2D eigenvalue weighted by atomic mass is 32.3. The minimum atomic E-state index is -6.47. The van der Waals surface area contributed by atoms with E-state index in [0.717, 1.165) is 25.7 Å². The van der Waals surface area contributed by atoms with Crippen LogP contribution in [0.2, 0.25) is 0 Å². The zero-order valence-corrected chi connectivity index (χ0v) is 22.1. The number of carbonyl (C=O) groups is 2. The van der Waals surface area contributed by atoms with Gasteiger partial charge in [-0.2, -0.15) is 21.8 Å². The van der Waals surface area contributed by atoms with Crippen LogP contribution in [0, 0.1) is 40.4 Å². The number of fused-ring (bicyclic) bond motifs is 4. The molecule has 0 saturated heterocycles. The van der Waals surface area contributed by atoms with Crippen molar-refractivity contribution in [1.29, 1.82) is 0 Å². The third kappa shape index (κ3) is 4.06. The molecule has 7 unspecified atom stereocenters. The van der Waals surface area contributed by atoms with Crippen LogP contribution in [0.5, 0.6) is 0 Å². The monoisotopic (exact) mass is 559 g/mol. The molecule has 0 aromatic heterocycles. The molecule has 4 aliphatic rings. The van der Waals surface area contributed by atoms with E-state index in [-0.39, 0.29) is 23.2 Å². The Morgan fingerprint density at radius 1 is 0.917 bits per heavy atom. The highest BCUT2D eigenvalue weighted by molar-refractivity contribution is 8.13. The molecule has 1 N–H and O–H groups in total. The van der Waals surface area contributed by atoms with E-state index in [1.54, 1.807) is 0 Å². The van der Waals surface area contributed by atoms with E-state index >= 15 is 0 Å². The molecule has 0 amide bonds. The summed E-state index contributed by atoms with van der Waals surface area (Å²) < 4.78 is 107. The molecule has 0 heterocycles. The summed E-state index contributed by atoms with van der Waals surface area (Å²) in [5.74, 6) is -4.60. The minimum Gasteiger partial charge on any atom is -0.379 e. The van der Waals surface area contributed by atoms with Gasteiger partial charge in [0.1, 0.15) is 0 Å². The SMILES string of the molecule is CC1(C)C2CCC1(C)C(CC(=O)C(F)(F)S(=O)(=[OH+])[N-]S(=O)(=O)C(F)(F)C(=O)CC1CC3CCC1C3)C2. The molecular formula is C23H33F4NO6S2. The van der Waals surface area contributed by atoms with E-state index < -0.39 is 72.2 Å². The molecule has 7 atom stereocenters. The Kier molecular flexibility index (Phi) is 6.57. The van der Waals surface area contributed by atoms with Crippen LogP contribution in [0.1, 0.15) is 78.6 Å². The first-order chi connectivity index (χ1) is 16.3. The number of nitrogens with zero attached hydrogens (tertiary/aromatic N) is 1. The summed E-state index contributed by atoms with van der Waals surface area (Å²) in [7, 11) is -12.8. The second-order valence-electron chi connectivity index (χ2n) is 12.1. The third-order valence-corrected chi connectivity index (χ3v) is 13.6. The van der Waals surface area contributed by atoms with E-state index in [4.69, 9.17) is 0 Å². The van der Waals surface area contributed by atoms with Gasteiger partial charge in [0, 0.05) is 12.8 Å².